The maximum atomic E-state index is 12.9. The van der Waals surface area contributed by atoms with Crippen molar-refractivity contribution in [3.63, 3.8) is 0 Å². The summed E-state index contributed by atoms with van der Waals surface area (Å²) in [7, 11) is 0. The number of nitrogens with one attached hydrogen (secondary N) is 2. The number of likely N-dealkylation sites (tertiary alicyclic amines) is 1. The number of hydrogen-bond acceptors (Lipinski definition) is 3. The van der Waals surface area contributed by atoms with E-state index in [0.29, 0.717) is 38.5 Å². The summed E-state index contributed by atoms with van der Waals surface area (Å²) < 4.78 is 12.9. The first-order valence-corrected chi connectivity index (χ1v) is 9.57. The lowest BCUT2D eigenvalue weighted by Gasteiger charge is -2.36. The SMILES string of the molecule is C[C@H]1C[C@@H](C(=O)N2CCC(C(=O)NCc3ccc(F)cc3)CC2)CCN1. The van der Waals surface area contributed by atoms with Crippen molar-refractivity contribution in [1.82, 2.24) is 15.5 Å². The minimum atomic E-state index is -0.278. The third kappa shape index (κ3) is 4.81. The Labute approximate surface area is 154 Å². The highest BCUT2D eigenvalue weighted by atomic mass is 19.1. The number of benzene rings is 1. The monoisotopic (exact) mass is 361 g/mol. The molecular weight excluding hydrogens is 333 g/mol. The molecule has 0 unspecified atom stereocenters. The van der Waals surface area contributed by atoms with Gasteiger partial charge in [0.05, 0.1) is 0 Å². The van der Waals surface area contributed by atoms with Crippen molar-refractivity contribution in [2.45, 2.75) is 45.2 Å². The van der Waals surface area contributed by atoms with E-state index in [1.807, 2.05) is 4.90 Å². The van der Waals surface area contributed by atoms with Crippen LogP contribution in [-0.4, -0.2) is 42.4 Å². The lowest BCUT2D eigenvalue weighted by Crippen LogP contribution is -2.48. The second-order valence-electron chi connectivity index (χ2n) is 7.52. The van der Waals surface area contributed by atoms with Crippen molar-refractivity contribution in [3.8, 4) is 0 Å². The molecule has 3 rings (SSSR count). The Morgan fingerprint density at radius 3 is 2.50 bits per heavy atom. The number of rotatable bonds is 4. The summed E-state index contributed by atoms with van der Waals surface area (Å²) in [4.78, 5) is 27.0. The standard InChI is InChI=1S/C20H28FN3O2/c1-14-12-17(6-9-22-14)20(26)24-10-7-16(8-11-24)19(25)23-13-15-2-4-18(21)5-3-15/h2-5,14,16-17,22H,6-13H2,1H3,(H,23,25)/t14-,17-/m0/s1. The molecule has 2 amide bonds. The van der Waals surface area contributed by atoms with Crippen LogP contribution in [-0.2, 0) is 16.1 Å². The zero-order valence-corrected chi connectivity index (χ0v) is 15.3. The van der Waals surface area contributed by atoms with Crippen molar-refractivity contribution in [3.05, 3.63) is 35.6 Å². The van der Waals surface area contributed by atoms with Gasteiger partial charge in [0.25, 0.3) is 0 Å². The fourth-order valence-corrected chi connectivity index (χ4v) is 3.91. The number of amides is 2. The van der Waals surface area contributed by atoms with Crippen molar-refractivity contribution in [2.75, 3.05) is 19.6 Å². The van der Waals surface area contributed by atoms with Gasteiger partial charge in [-0.15, -0.1) is 0 Å². The summed E-state index contributed by atoms with van der Waals surface area (Å²) in [5, 5.41) is 6.31. The van der Waals surface area contributed by atoms with Crippen LogP contribution in [0.1, 0.15) is 38.2 Å². The molecule has 2 N–H and O–H groups in total. The van der Waals surface area contributed by atoms with Crippen LogP contribution in [0.15, 0.2) is 24.3 Å². The van der Waals surface area contributed by atoms with Crippen molar-refractivity contribution < 1.29 is 14.0 Å². The normalized spacial score (nSPS) is 24.3. The zero-order valence-electron chi connectivity index (χ0n) is 15.3. The average molecular weight is 361 g/mol. The van der Waals surface area contributed by atoms with Gasteiger partial charge in [-0.1, -0.05) is 12.1 Å². The van der Waals surface area contributed by atoms with Crippen LogP contribution in [0.4, 0.5) is 4.39 Å². The Morgan fingerprint density at radius 1 is 1.15 bits per heavy atom. The van der Waals surface area contributed by atoms with Crippen LogP contribution >= 0.6 is 0 Å². The Kier molecular flexibility index (Phi) is 6.25. The second-order valence-corrected chi connectivity index (χ2v) is 7.52. The van der Waals surface area contributed by atoms with Gasteiger partial charge < -0.3 is 15.5 Å². The number of hydrogen-bond donors (Lipinski definition) is 2. The predicted molar refractivity (Wildman–Crippen MR) is 97.7 cm³/mol. The lowest BCUT2D eigenvalue weighted by molar-refractivity contribution is -0.140. The minimum Gasteiger partial charge on any atom is -0.352 e. The molecule has 0 saturated carbocycles. The average Bonchev–Trinajstić information content (AvgIpc) is 2.67. The van der Waals surface area contributed by atoms with Crippen LogP contribution < -0.4 is 10.6 Å². The third-order valence-electron chi connectivity index (χ3n) is 5.53. The lowest BCUT2D eigenvalue weighted by atomic mass is 9.90. The highest BCUT2D eigenvalue weighted by molar-refractivity contribution is 5.81. The molecule has 0 aliphatic carbocycles. The summed E-state index contributed by atoms with van der Waals surface area (Å²) >= 11 is 0. The molecule has 0 spiro atoms. The predicted octanol–water partition coefficient (Wildman–Crippen LogP) is 2.07. The molecule has 2 aliphatic heterocycles. The fraction of sp³-hybridized carbons (Fsp3) is 0.600. The van der Waals surface area contributed by atoms with E-state index >= 15 is 0 Å². The molecule has 0 bridgehead atoms. The van der Waals surface area contributed by atoms with E-state index in [1.54, 1.807) is 12.1 Å². The molecule has 0 aromatic heterocycles. The van der Waals surface area contributed by atoms with E-state index in [2.05, 4.69) is 17.6 Å². The van der Waals surface area contributed by atoms with Crippen LogP contribution in [0, 0.1) is 17.7 Å². The maximum absolute atomic E-state index is 12.9. The van der Waals surface area contributed by atoms with Gasteiger partial charge in [-0.05, 0) is 56.8 Å². The Bertz CT molecular complexity index is 626. The molecule has 2 atom stereocenters. The first-order valence-electron chi connectivity index (χ1n) is 9.57. The Balaban J connectivity index is 1.43. The van der Waals surface area contributed by atoms with Gasteiger partial charge in [0, 0.05) is 37.5 Å². The largest absolute Gasteiger partial charge is 0.352 e. The molecule has 1 aromatic rings. The molecule has 2 aliphatic rings. The summed E-state index contributed by atoms with van der Waals surface area (Å²) in [6, 6.07) is 6.54. The van der Waals surface area contributed by atoms with Gasteiger partial charge >= 0.3 is 0 Å². The van der Waals surface area contributed by atoms with Crippen LogP contribution in [0.5, 0.6) is 0 Å². The first kappa shape index (κ1) is 18.8. The van der Waals surface area contributed by atoms with Crippen molar-refractivity contribution in [2.24, 2.45) is 11.8 Å². The second kappa shape index (κ2) is 8.62. The molecule has 6 heteroatoms. The van der Waals surface area contributed by atoms with E-state index in [9.17, 15) is 14.0 Å². The van der Waals surface area contributed by atoms with Gasteiger partial charge in [-0.3, -0.25) is 9.59 Å². The van der Waals surface area contributed by atoms with Gasteiger partial charge in [0.2, 0.25) is 11.8 Å². The number of halogens is 1. The van der Waals surface area contributed by atoms with E-state index in [-0.39, 0.29) is 29.5 Å². The van der Waals surface area contributed by atoms with Crippen molar-refractivity contribution >= 4 is 11.8 Å². The number of nitrogens with zero attached hydrogens (tertiary/aromatic N) is 1. The third-order valence-corrected chi connectivity index (χ3v) is 5.53. The summed E-state index contributed by atoms with van der Waals surface area (Å²) in [5.74, 6) is 0.0715. The van der Waals surface area contributed by atoms with Crippen molar-refractivity contribution in [1.29, 1.82) is 0 Å². The quantitative estimate of drug-likeness (QED) is 0.863. The Hall–Kier alpha value is -1.95. The smallest absolute Gasteiger partial charge is 0.225 e. The van der Waals surface area contributed by atoms with Gasteiger partial charge in [-0.2, -0.15) is 0 Å². The maximum Gasteiger partial charge on any atom is 0.225 e. The fourth-order valence-electron chi connectivity index (χ4n) is 3.91. The molecule has 2 fully saturated rings. The van der Waals surface area contributed by atoms with E-state index < -0.39 is 0 Å². The molecule has 26 heavy (non-hydrogen) atoms. The number of carbonyl (C=O) groups excluding carboxylic acids is 2. The molecular formula is C20H28FN3O2. The minimum absolute atomic E-state index is 0.0249. The van der Waals surface area contributed by atoms with E-state index in [4.69, 9.17) is 0 Å². The molecule has 5 nitrogen and oxygen atoms in total. The molecule has 0 radical (unpaired) electrons. The van der Waals surface area contributed by atoms with E-state index in [1.165, 1.54) is 12.1 Å². The Morgan fingerprint density at radius 2 is 1.85 bits per heavy atom. The van der Waals surface area contributed by atoms with Gasteiger partial charge in [0.15, 0.2) is 0 Å². The summed E-state index contributed by atoms with van der Waals surface area (Å²) in [6.45, 7) is 4.75. The zero-order chi connectivity index (χ0) is 18.5. The van der Waals surface area contributed by atoms with Crippen LogP contribution in [0.25, 0.3) is 0 Å². The van der Waals surface area contributed by atoms with Crippen LogP contribution in [0.3, 0.4) is 0 Å². The molecule has 142 valence electrons. The van der Waals surface area contributed by atoms with Crippen LogP contribution in [0.2, 0.25) is 0 Å². The summed E-state index contributed by atoms with van der Waals surface area (Å²) in [6.07, 6.45) is 3.22. The number of piperidine rings is 2. The first-order chi connectivity index (χ1) is 12.5. The number of carbonyl (C=O) groups is 2. The highest BCUT2D eigenvalue weighted by Crippen LogP contribution is 2.23. The summed E-state index contributed by atoms with van der Waals surface area (Å²) in [5.41, 5.74) is 0.882. The topological polar surface area (TPSA) is 61.4 Å². The van der Waals surface area contributed by atoms with Gasteiger partial charge in [0.1, 0.15) is 5.82 Å². The van der Waals surface area contributed by atoms with Gasteiger partial charge in [-0.25, -0.2) is 4.39 Å². The highest BCUT2D eigenvalue weighted by Gasteiger charge is 2.32. The molecule has 2 heterocycles. The molecule has 2 saturated heterocycles. The van der Waals surface area contributed by atoms with E-state index in [0.717, 1.165) is 24.9 Å². The molecule has 1 aromatic carbocycles.